The summed E-state index contributed by atoms with van der Waals surface area (Å²) >= 11 is 0. The first-order valence-electron chi connectivity index (χ1n) is 7.55. The van der Waals surface area contributed by atoms with E-state index in [2.05, 4.69) is 0 Å². The third-order valence-electron chi connectivity index (χ3n) is 4.21. The summed E-state index contributed by atoms with van der Waals surface area (Å²) in [6.45, 7) is 3.68. The third kappa shape index (κ3) is 2.68. The highest BCUT2D eigenvalue weighted by Crippen LogP contribution is 2.30. The van der Waals surface area contributed by atoms with Crippen molar-refractivity contribution >= 4 is 11.6 Å². The summed E-state index contributed by atoms with van der Waals surface area (Å²) in [4.78, 5) is 24.6. The molecule has 2 heterocycles. The number of rotatable bonds is 3. The van der Waals surface area contributed by atoms with Crippen LogP contribution in [0.4, 0.5) is 0 Å². The molecule has 5 nitrogen and oxygen atoms in total. The predicted molar refractivity (Wildman–Crippen MR) is 84.7 cm³/mol. The number of nitrogens with zero attached hydrogens (tertiary/aromatic N) is 1. The third-order valence-corrected chi connectivity index (χ3v) is 4.21. The number of aliphatic hydroxyl groups is 1. The lowest BCUT2D eigenvalue weighted by atomic mass is 10.0. The summed E-state index contributed by atoms with van der Waals surface area (Å²) in [5, 5.41) is 9.38. The van der Waals surface area contributed by atoms with Gasteiger partial charge in [-0.2, -0.15) is 0 Å². The number of hydrogen-bond donors (Lipinski definition) is 1. The first-order chi connectivity index (χ1) is 10.9. The first kappa shape index (κ1) is 15.5. The minimum Gasteiger partial charge on any atom is -0.488 e. The average Bonchev–Trinajstić information content (AvgIpc) is 2.73. The van der Waals surface area contributed by atoms with Crippen LogP contribution in [0.1, 0.15) is 39.8 Å². The van der Waals surface area contributed by atoms with Crippen molar-refractivity contribution in [1.29, 1.82) is 0 Å². The number of ether oxygens (including phenoxy) is 1. The zero-order valence-corrected chi connectivity index (χ0v) is 13.4. The lowest BCUT2D eigenvalue weighted by molar-refractivity contribution is -0.125. The maximum atomic E-state index is 12.9. The van der Waals surface area contributed by atoms with Gasteiger partial charge < -0.3 is 14.4 Å². The Bertz CT molecular complexity index is 802. The minimum absolute atomic E-state index is 0.0925. The van der Waals surface area contributed by atoms with E-state index in [4.69, 9.17) is 4.74 Å². The fraction of sp³-hybridized carbons (Fsp3) is 0.333. The number of ketones is 2. The number of benzene rings is 1. The van der Waals surface area contributed by atoms with E-state index in [0.717, 1.165) is 11.1 Å². The molecule has 2 aromatic rings. The van der Waals surface area contributed by atoms with Crippen LogP contribution < -0.4 is 4.74 Å². The summed E-state index contributed by atoms with van der Waals surface area (Å²) in [5.74, 6) is 0.212. The van der Waals surface area contributed by atoms with Crippen LogP contribution in [0, 0.1) is 6.92 Å². The van der Waals surface area contributed by atoms with Gasteiger partial charge in [0, 0.05) is 24.7 Å². The standard InChI is InChI=1S/C18H19NO4/c1-10-4-5-14-16(6-10)23-9-12-7-13(8-15(21)11(2)20)19(3)17(12)18(14)22/h4-7,11,20H,8-9H2,1-3H3. The van der Waals surface area contributed by atoms with Gasteiger partial charge in [-0.1, -0.05) is 6.07 Å². The number of aryl methyl sites for hydroxylation is 1. The number of fused-ring (bicyclic) bond motifs is 2. The molecule has 1 aromatic carbocycles. The smallest absolute Gasteiger partial charge is 0.213 e. The van der Waals surface area contributed by atoms with Gasteiger partial charge in [-0.05, 0) is 37.6 Å². The molecule has 1 aliphatic heterocycles. The van der Waals surface area contributed by atoms with E-state index in [1.54, 1.807) is 17.7 Å². The van der Waals surface area contributed by atoms with Crippen LogP contribution in [-0.2, 0) is 24.9 Å². The number of hydrogen-bond acceptors (Lipinski definition) is 4. The van der Waals surface area contributed by atoms with Gasteiger partial charge in [-0.3, -0.25) is 9.59 Å². The Hall–Kier alpha value is -2.40. The summed E-state index contributed by atoms with van der Waals surface area (Å²) in [6.07, 6.45) is -0.921. The van der Waals surface area contributed by atoms with Crippen LogP contribution in [0.2, 0.25) is 0 Å². The number of aromatic nitrogens is 1. The van der Waals surface area contributed by atoms with E-state index in [9.17, 15) is 14.7 Å². The molecule has 0 fully saturated rings. The number of aliphatic hydroxyl groups excluding tert-OH is 1. The van der Waals surface area contributed by atoms with Crippen molar-refractivity contribution in [2.75, 3.05) is 0 Å². The average molecular weight is 313 g/mol. The molecule has 0 saturated carbocycles. The van der Waals surface area contributed by atoms with Crippen molar-refractivity contribution in [2.24, 2.45) is 7.05 Å². The van der Waals surface area contributed by atoms with Gasteiger partial charge >= 0.3 is 0 Å². The number of carbonyl (C=O) groups excluding carboxylic acids is 2. The summed E-state index contributed by atoms with van der Waals surface area (Å²) in [6, 6.07) is 7.32. The molecule has 1 aromatic heterocycles. The van der Waals surface area contributed by atoms with Crippen molar-refractivity contribution < 1.29 is 19.4 Å². The Kier molecular flexibility index (Phi) is 3.82. The van der Waals surface area contributed by atoms with Crippen LogP contribution in [0.15, 0.2) is 24.3 Å². The van der Waals surface area contributed by atoms with Gasteiger partial charge in [0.05, 0.1) is 11.3 Å². The number of Topliss-reactive ketones (excluding diaryl/α,β-unsaturated/α-hetero) is 1. The van der Waals surface area contributed by atoms with Crippen molar-refractivity contribution in [3.63, 3.8) is 0 Å². The highest BCUT2D eigenvalue weighted by Gasteiger charge is 2.27. The SMILES string of the molecule is Cc1ccc2c(c1)OCc1cc(CC(=O)C(C)O)n(C)c1C2=O. The molecule has 1 unspecified atom stereocenters. The lowest BCUT2D eigenvalue weighted by Gasteiger charge is -2.09. The minimum atomic E-state index is -1.01. The Balaban J connectivity index is 2.03. The summed E-state index contributed by atoms with van der Waals surface area (Å²) < 4.78 is 7.51. The van der Waals surface area contributed by atoms with E-state index >= 15 is 0 Å². The van der Waals surface area contributed by atoms with E-state index in [0.29, 0.717) is 22.7 Å². The fourth-order valence-electron chi connectivity index (χ4n) is 2.85. The molecular formula is C18H19NO4. The molecule has 0 saturated heterocycles. The molecule has 1 atom stereocenters. The van der Waals surface area contributed by atoms with E-state index in [1.807, 2.05) is 25.1 Å². The molecule has 5 heteroatoms. The van der Waals surface area contributed by atoms with E-state index in [1.165, 1.54) is 6.92 Å². The molecule has 23 heavy (non-hydrogen) atoms. The van der Waals surface area contributed by atoms with E-state index in [-0.39, 0.29) is 24.6 Å². The molecule has 1 N–H and O–H groups in total. The fourth-order valence-corrected chi connectivity index (χ4v) is 2.85. The first-order valence-corrected chi connectivity index (χ1v) is 7.55. The van der Waals surface area contributed by atoms with Crippen molar-refractivity contribution in [3.8, 4) is 5.75 Å². The number of carbonyl (C=O) groups is 2. The second-order valence-corrected chi connectivity index (χ2v) is 6.01. The van der Waals surface area contributed by atoms with Gasteiger partial charge in [-0.15, -0.1) is 0 Å². The maximum Gasteiger partial charge on any atom is 0.213 e. The highest BCUT2D eigenvalue weighted by molar-refractivity contribution is 6.11. The van der Waals surface area contributed by atoms with Crippen LogP contribution in [-0.4, -0.2) is 27.3 Å². The molecule has 0 bridgehead atoms. The Morgan fingerprint density at radius 1 is 1.39 bits per heavy atom. The van der Waals surface area contributed by atoms with Crippen LogP contribution in [0.3, 0.4) is 0 Å². The molecule has 0 aliphatic carbocycles. The molecule has 0 radical (unpaired) electrons. The van der Waals surface area contributed by atoms with Crippen LogP contribution >= 0.6 is 0 Å². The Morgan fingerprint density at radius 2 is 2.13 bits per heavy atom. The van der Waals surface area contributed by atoms with Crippen LogP contribution in [0.25, 0.3) is 0 Å². The normalized spacial score (nSPS) is 14.5. The quantitative estimate of drug-likeness (QED) is 0.940. The molecule has 0 amide bonds. The monoisotopic (exact) mass is 313 g/mol. The van der Waals surface area contributed by atoms with Crippen molar-refractivity contribution in [3.05, 3.63) is 52.3 Å². The van der Waals surface area contributed by atoms with Gasteiger partial charge in [0.1, 0.15) is 18.5 Å². The Morgan fingerprint density at radius 3 is 2.83 bits per heavy atom. The van der Waals surface area contributed by atoms with Gasteiger partial charge in [-0.25, -0.2) is 0 Å². The molecular weight excluding hydrogens is 294 g/mol. The van der Waals surface area contributed by atoms with E-state index < -0.39 is 6.10 Å². The summed E-state index contributed by atoms with van der Waals surface area (Å²) in [5.41, 5.74) is 3.57. The molecule has 1 aliphatic rings. The largest absolute Gasteiger partial charge is 0.488 e. The van der Waals surface area contributed by atoms with Crippen LogP contribution in [0.5, 0.6) is 5.75 Å². The van der Waals surface area contributed by atoms with Gasteiger partial charge in [0.2, 0.25) is 5.78 Å². The second-order valence-electron chi connectivity index (χ2n) is 6.01. The van der Waals surface area contributed by atoms with Gasteiger partial charge in [0.25, 0.3) is 0 Å². The highest BCUT2D eigenvalue weighted by atomic mass is 16.5. The maximum absolute atomic E-state index is 12.9. The topological polar surface area (TPSA) is 68.5 Å². The summed E-state index contributed by atoms with van der Waals surface area (Å²) in [7, 11) is 1.76. The van der Waals surface area contributed by atoms with Gasteiger partial charge in [0.15, 0.2) is 5.78 Å². The second kappa shape index (κ2) is 5.66. The van der Waals surface area contributed by atoms with Crippen molar-refractivity contribution in [1.82, 2.24) is 4.57 Å². The molecule has 0 spiro atoms. The predicted octanol–water partition coefficient (Wildman–Crippen LogP) is 1.95. The van der Waals surface area contributed by atoms with Crippen molar-refractivity contribution in [2.45, 2.75) is 33.0 Å². The molecule has 120 valence electrons. The zero-order chi connectivity index (χ0) is 16.7. The molecule has 3 rings (SSSR count). The Labute approximate surface area is 134 Å². The zero-order valence-electron chi connectivity index (χ0n) is 13.4. The lowest BCUT2D eigenvalue weighted by Crippen LogP contribution is -2.20.